The summed E-state index contributed by atoms with van der Waals surface area (Å²) in [6, 6.07) is 0. The van der Waals surface area contributed by atoms with Crippen molar-refractivity contribution in [3.63, 3.8) is 0 Å². The van der Waals surface area contributed by atoms with Crippen molar-refractivity contribution in [3.05, 3.63) is 10.6 Å². The molecule has 0 spiro atoms. The van der Waals surface area contributed by atoms with Crippen LogP contribution in [0.1, 0.15) is 36.8 Å². The number of aromatic nitrogens is 1. The van der Waals surface area contributed by atoms with Gasteiger partial charge in [-0.05, 0) is 38.6 Å². The zero-order valence-electron chi connectivity index (χ0n) is 12.2. The standard InChI is InChI=1S/C14H21N3O3S/c1-2-7-17(9-13(19)20)8-12(18)16-14-15-10-5-3-4-6-11(10)21-14/h2-9H2,1H3,(H,19,20)(H,15,16,18). The van der Waals surface area contributed by atoms with Gasteiger partial charge in [-0.25, -0.2) is 4.98 Å². The second-order valence-corrected chi connectivity index (χ2v) is 6.33. The minimum Gasteiger partial charge on any atom is -0.480 e. The SMILES string of the molecule is CCCN(CC(=O)O)CC(=O)Nc1nc2c(s1)CCCC2. The molecule has 1 aliphatic carbocycles. The molecule has 0 saturated heterocycles. The zero-order valence-corrected chi connectivity index (χ0v) is 13.0. The molecule has 0 atom stereocenters. The van der Waals surface area contributed by atoms with Crippen LogP contribution in [0.4, 0.5) is 5.13 Å². The number of carboxylic acids is 1. The fraction of sp³-hybridized carbons (Fsp3) is 0.643. The number of carboxylic acid groups (broad SMARTS) is 1. The van der Waals surface area contributed by atoms with Gasteiger partial charge in [0, 0.05) is 4.88 Å². The Balaban J connectivity index is 1.90. The Kier molecular flexibility index (Phi) is 5.69. The minimum absolute atomic E-state index is 0.0877. The summed E-state index contributed by atoms with van der Waals surface area (Å²) in [5.74, 6) is -1.11. The number of nitrogens with one attached hydrogen (secondary N) is 1. The molecular formula is C14H21N3O3S. The maximum absolute atomic E-state index is 12.0. The van der Waals surface area contributed by atoms with Gasteiger partial charge in [-0.2, -0.15) is 0 Å². The Morgan fingerprint density at radius 3 is 2.76 bits per heavy atom. The number of fused-ring (bicyclic) bond motifs is 1. The van der Waals surface area contributed by atoms with E-state index in [-0.39, 0.29) is 19.0 Å². The van der Waals surface area contributed by atoms with Crippen molar-refractivity contribution in [3.8, 4) is 0 Å². The van der Waals surface area contributed by atoms with Crippen LogP contribution in [0.25, 0.3) is 0 Å². The highest BCUT2D eigenvalue weighted by molar-refractivity contribution is 7.15. The topological polar surface area (TPSA) is 82.5 Å². The van der Waals surface area contributed by atoms with Crippen molar-refractivity contribution in [1.29, 1.82) is 0 Å². The number of carbonyl (C=O) groups excluding carboxylic acids is 1. The molecule has 2 rings (SSSR count). The van der Waals surface area contributed by atoms with Gasteiger partial charge >= 0.3 is 5.97 Å². The lowest BCUT2D eigenvalue weighted by Gasteiger charge is -2.18. The van der Waals surface area contributed by atoms with E-state index in [1.807, 2.05) is 6.92 Å². The predicted octanol–water partition coefficient (Wildman–Crippen LogP) is 1.76. The Bertz CT molecular complexity index is 492. The van der Waals surface area contributed by atoms with Crippen LogP contribution in [0.3, 0.4) is 0 Å². The van der Waals surface area contributed by atoms with E-state index in [1.54, 1.807) is 16.2 Å². The second-order valence-electron chi connectivity index (χ2n) is 5.25. The fourth-order valence-electron chi connectivity index (χ4n) is 2.49. The van der Waals surface area contributed by atoms with E-state index in [9.17, 15) is 9.59 Å². The Morgan fingerprint density at radius 1 is 1.33 bits per heavy atom. The van der Waals surface area contributed by atoms with Gasteiger partial charge in [-0.1, -0.05) is 6.92 Å². The van der Waals surface area contributed by atoms with Crippen LogP contribution in [0.15, 0.2) is 0 Å². The van der Waals surface area contributed by atoms with Crippen LogP contribution in [0.2, 0.25) is 0 Å². The van der Waals surface area contributed by atoms with Gasteiger partial charge < -0.3 is 10.4 Å². The van der Waals surface area contributed by atoms with E-state index in [1.165, 1.54) is 11.3 Å². The van der Waals surface area contributed by atoms with Crippen molar-refractivity contribution in [2.75, 3.05) is 25.0 Å². The number of hydrogen-bond acceptors (Lipinski definition) is 5. The lowest BCUT2D eigenvalue weighted by Crippen LogP contribution is -2.37. The number of aryl methyl sites for hydroxylation is 2. The number of aliphatic carboxylic acids is 1. The number of thiazole rings is 1. The number of nitrogens with zero attached hydrogens (tertiary/aromatic N) is 2. The monoisotopic (exact) mass is 311 g/mol. The molecule has 0 aliphatic heterocycles. The average molecular weight is 311 g/mol. The third-order valence-electron chi connectivity index (χ3n) is 3.36. The second kappa shape index (κ2) is 7.51. The zero-order chi connectivity index (χ0) is 15.2. The average Bonchev–Trinajstić information content (AvgIpc) is 2.79. The highest BCUT2D eigenvalue weighted by atomic mass is 32.1. The Labute approximate surface area is 128 Å². The largest absolute Gasteiger partial charge is 0.480 e. The van der Waals surface area contributed by atoms with E-state index in [0.29, 0.717) is 11.7 Å². The van der Waals surface area contributed by atoms with E-state index >= 15 is 0 Å². The molecule has 0 unspecified atom stereocenters. The van der Waals surface area contributed by atoms with Crippen LogP contribution in [0, 0.1) is 0 Å². The van der Waals surface area contributed by atoms with E-state index < -0.39 is 5.97 Å². The van der Waals surface area contributed by atoms with Crippen molar-refractivity contribution in [2.24, 2.45) is 0 Å². The Morgan fingerprint density at radius 2 is 2.10 bits per heavy atom. The number of carbonyl (C=O) groups is 2. The third-order valence-corrected chi connectivity index (χ3v) is 4.43. The van der Waals surface area contributed by atoms with Gasteiger partial charge in [0.1, 0.15) is 0 Å². The summed E-state index contributed by atoms with van der Waals surface area (Å²) in [6.45, 7) is 2.52. The van der Waals surface area contributed by atoms with Crippen LogP contribution < -0.4 is 5.32 Å². The van der Waals surface area contributed by atoms with Crippen molar-refractivity contribution >= 4 is 28.3 Å². The van der Waals surface area contributed by atoms with E-state index in [4.69, 9.17) is 5.11 Å². The van der Waals surface area contributed by atoms with Gasteiger partial charge in [0.2, 0.25) is 5.91 Å². The number of anilines is 1. The molecule has 1 aromatic rings. The van der Waals surface area contributed by atoms with Crippen LogP contribution in [-0.4, -0.2) is 46.5 Å². The molecule has 0 radical (unpaired) electrons. The summed E-state index contributed by atoms with van der Waals surface area (Å²) >= 11 is 1.54. The molecule has 0 saturated carbocycles. The first-order valence-corrected chi connectivity index (χ1v) is 8.12. The van der Waals surface area contributed by atoms with Gasteiger partial charge in [-0.15, -0.1) is 11.3 Å². The maximum Gasteiger partial charge on any atom is 0.317 e. The fourth-order valence-corrected chi connectivity index (χ4v) is 3.55. The maximum atomic E-state index is 12.0. The molecule has 7 heteroatoms. The molecule has 21 heavy (non-hydrogen) atoms. The summed E-state index contributed by atoms with van der Waals surface area (Å²) in [6.07, 6.45) is 5.19. The van der Waals surface area contributed by atoms with Crippen molar-refractivity contribution in [1.82, 2.24) is 9.88 Å². The highest BCUT2D eigenvalue weighted by Gasteiger charge is 2.18. The lowest BCUT2D eigenvalue weighted by atomic mass is 10.0. The quantitative estimate of drug-likeness (QED) is 0.802. The number of hydrogen-bond donors (Lipinski definition) is 2. The molecule has 116 valence electrons. The first kappa shape index (κ1) is 15.9. The van der Waals surface area contributed by atoms with E-state index in [2.05, 4.69) is 10.3 Å². The van der Waals surface area contributed by atoms with Gasteiger partial charge in [0.05, 0.1) is 18.8 Å². The molecular weight excluding hydrogens is 290 g/mol. The summed E-state index contributed by atoms with van der Waals surface area (Å²) in [5, 5.41) is 12.3. The van der Waals surface area contributed by atoms with Crippen LogP contribution in [-0.2, 0) is 22.4 Å². The van der Waals surface area contributed by atoms with Gasteiger partial charge in [0.15, 0.2) is 5.13 Å². The third kappa shape index (κ3) is 4.78. The molecule has 0 fully saturated rings. The molecule has 1 heterocycles. The molecule has 1 aliphatic rings. The normalized spacial score (nSPS) is 14.0. The Hall–Kier alpha value is -1.47. The van der Waals surface area contributed by atoms with Crippen LogP contribution in [0.5, 0.6) is 0 Å². The van der Waals surface area contributed by atoms with Crippen molar-refractivity contribution in [2.45, 2.75) is 39.0 Å². The smallest absolute Gasteiger partial charge is 0.317 e. The lowest BCUT2D eigenvalue weighted by molar-refractivity contribution is -0.138. The molecule has 0 aromatic carbocycles. The number of rotatable bonds is 7. The predicted molar refractivity (Wildman–Crippen MR) is 81.8 cm³/mol. The van der Waals surface area contributed by atoms with Crippen LogP contribution >= 0.6 is 11.3 Å². The minimum atomic E-state index is -0.916. The molecule has 1 aromatic heterocycles. The molecule has 1 amide bonds. The number of amides is 1. The molecule has 6 nitrogen and oxygen atoms in total. The van der Waals surface area contributed by atoms with Gasteiger partial charge in [0.25, 0.3) is 0 Å². The molecule has 0 bridgehead atoms. The summed E-state index contributed by atoms with van der Waals surface area (Å²) in [5.41, 5.74) is 1.11. The molecule has 2 N–H and O–H groups in total. The van der Waals surface area contributed by atoms with E-state index in [0.717, 1.165) is 31.4 Å². The van der Waals surface area contributed by atoms with Gasteiger partial charge in [-0.3, -0.25) is 14.5 Å². The van der Waals surface area contributed by atoms with Crippen molar-refractivity contribution < 1.29 is 14.7 Å². The first-order valence-electron chi connectivity index (χ1n) is 7.31. The highest BCUT2D eigenvalue weighted by Crippen LogP contribution is 2.29. The summed E-state index contributed by atoms with van der Waals surface area (Å²) < 4.78 is 0. The first-order chi connectivity index (χ1) is 10.1. The summed E-state index contributed by atoms with van der Waals surface area (Å²) in [7, 11) is 0. The summed E-state index contributed by atoms with van der Waals surface area (Å²) in [4.78, 5) is 30.1.